The number of rotatable bonds is 1. The highest BCUT2D eigenvalue weighted by atomic mass is 32.1. The van der Waals surface area contributed by atoms with E-state index in [1.807, 2.05) is 0 Å². The first-order chi connectivity index (χ1) is 3.43. The molecule has 1 aliphatic heterocycles. The fourth-order valence-electron chi connectivity index (χ4n) is 0.315. The monoisotopic (exact) mass is 116 g/mol. The Balaban J connectivity index is 2.35. The highest BCUT2D eigenvalue weighted by molar-refractivity contribution is 7.79. The Labute approximate surface area is 46.7 Å². The molecule has 0 aromatic rings. The van der Waals surface area contributed by atoms with Gasteiger partial charge >= 0.3 is 0 Å². The van der Waals surface area contributed by atoms with Crippen LogP contribution in [-0.2, 0) is 9.47 Å². The van der Waals surface area contributed by atoms with E-state index in [1.54, 1.807) is 0 Å². The first-order valence-corrected chi connectivity index (χ1v) is 2.32. The molecule has 0 radical (unpaired) electrons. The normalized spacial score (nSPS) is 18.3. The lowest BCUT2D eigenvalue weighted by atomic mass is 10.8. The molecule has 1 aliphatic rings. The van der Waals surface area contributed by atoms with Crippen LogP contribution < -0.4 is 0 Å². The largest absolute Gasteiger partial charge is 0.455 e. The van der Waals surface area contributed by atoms with Crippen molar-refractivity contribution in [1.29, 1.82) is 0 Å². The van der Waals surface area contributed by atoms with Crippen LogP contribution >= 0.6 is 12.2 Å². The van der Waals surface area contributed by atoms with Crippen LogP contribution in [0.25, 0.3) is 0 Å². The molecule has 0 saturated carbocycles. The van der Waals surface area contributed by atoms with Gasteiger partial charge in [-0.3, -0.25) is 0 Å². The van der Waals surface area contributed by atoms with E-state index in [2.05, 4.69) is 12.2 Å². The molecule has 0 saturated heterocycles. The number of thiocarbonyl (C=S) groups is 1. The second-order valence-electron chi connectivity index (χ2n) is 1.05. The van der Waals surface area contributed by atoms with Crippen LogP contribution in [0.15, 0.2) is 12.5 Å². The van der Waals surface area contributed by atoms with Gasteiger partial charge < -0.3 is 9.47 Å². The third-order valence-corrected chi connectivity index (χ3v) is 0.814. The van der Waals surface area contributed by atoms with Crippen molar-refractivity contribution < 1.29 is 9.47 Å². The van der Waals surface area contributed by atoms with E-state index in [9.17, 15) is 0 Å². The summed E-state index contributed by atoms with van der Waals surface area (Å²) in [5.74, 6) is 0. The molecule has 2 nitrogen and oxygen atoms in total. The van der Waals surface area contributed by atoms with Crippen LogP contribution in [0.1, 0.15) is 0 Å². The second kappa shape index (κ2) is 1.93. The molecule has 1 rings (SSSR count). The molecule has 7 heavy (non-hydrogen) atoms. The maximum Gasteiger partial charge on any atom is 0.269 e. The van der Waals surface area contributed by atoms with Crippen LogP contribution in [-0.4, -0.2) is 11.7 Å². The minimum absolute atomic E-state index is 0.324. The van der Waals surface area contributed by atoms with E-state index in [0.717, 1.165) is 0 Å². The topological polar surface area (TPSA) is 18.5 Å². The molecule has 0 N–H and O–H groups in total. The minimum Gasteiger partial charge on any atom is -0.455 e. The van der Waals surface area contributed by atoms with E-state index in [0.29, 0.717) is 0 Å². The lowest BCUT2D eigenvalue weighted by Crippen LogP contribution is -2.05. The van der Waals surface area contributed by atoms with Gasteiger partial charge in [0, 0.05) is 0 Å². The molecule has 0 aromatic carbocycles. The maximum atomic E-state index is 4.74. The fraction of sp³-hybridized carbons (Fsp3) is 0.250. The first-order valence-electron chi connectivity index (χ1n) is 1.85. The molecule has 38 valence electrons. The number of ether oxygens (including phenoxy) is 2. The quantitative estimate of drug-likeness (QED) is 0.473. The Morgan fingerprint density at radius 2 is 2.00 bits per heavy atom. The molecule has 0 bridgehead atoms. The fourth-order valence-corrected chi connectivity index (χ4v) is 0.444. The van der Waals surface area contributed by atoms with Crippen molar-refractivity contribution in [2.45, 2.75) is 6.29 Å². The van der Waals surface area contributed by atoms with Gasteiger partial charge in [0.25, 0.3) is 6.29 Å². The summed E-state index contributed by atoms with van der Waals surface area (Å²) >= 11 is 4.50. The van der Waals surface area contributed by atoms with E-state index in [4.69, 9.17) is 9.47 Å². The Kier molecular flexibility index (Phi) is 1.26. The molecule has 0 atom stereocenters. The first kappa shape index (κ1) is 4.59. The summed E-state index contributed by atoms with van der Waals surface area (Å²) in [5.41, 5.74) is 0. The lowest BCUT2D eigenvalue weighted by molar-refractivity contribution is 0.0419. The van der Waals surface area contributed by atoms with Gasteiger partial charge in [0.15, 0.2) is 0 Å². The Hall–Kier alpha value is -0.570. The van der Waals surface area contributed by atoms with Gasteiger partial charge in [0.1, 0.15) is 12.5 Å². The van der Waals surface area contributed by atoms with Crippen molar-refractivity contribution in [3.63, 3.8) is 0 Å². The van der Waals surface area contributed by atoms with E-state index >= 15 is 0 Å². The van der Waals surface area contributed by atoms with Crippen molar-refractivity contribution >= 4 is 17.6 Å². The maximum absolute atomic E-state index is 4.74. The summed E-state index contributed by atoms with van der Waals surface area (Å²) in [7, 11) is 0. The van der Waals surface area contributed by atoms with Crippen LogP contribution in [0.4, 0.5) is 0 Å². The third kappa shape index (κ3) is 0.899. The molecule has 1 heterocycles. The molecular formula is C4H4O2S. The van der Waals surface area contributed by atoms with Crippen molar-refractivity contribution in [1.82, 2.24) is 0 Å². The zero-order chi connectivity index (χ0) is 5.11. The van der Waals surface area contributed by atoms with Gasteiger partial charge in [0.05, 0.1) is 5.37 Å². The van der Waals surface area contributed by atoms with Gasteiger partial charge in [-0.25, -0.2) is 0 Å². The van der Waals surface area contributed by atoms with Gasteiger partial charge in [-0.2, -0.15) is 0 Å². The summed E-state index contributed by atoms with van der Waals surface area (Å²) in [4.78, 5) is 0. The zero-order valence-corrected chi connectivity index (χ0v) is 4.35. The molecular weight excluding hydrogens is 112 g/mol. The minimum atomic E-state index is -0.324. The molecule has 3 heteroatoms. The molecule has 0 spiro atoms. The molecule has 0 fully saturated rings. The van der Waals surface area contributed by atoms with Crippen LogP contribution in [0.2, 0.25) is 0 Å². The smallest absolute Gasteiger partial charge is 0.269 e. The molecule has 0 amide bonds. The Bertz CT molecular complexity index is 91.9. The summed E-state index contributed by atoms with van der Waals surface area (Å²) in [6, 6.07) is 0. The highest BCUT2D eigenvalue weighted by Crippen LogP contribution is 2.00. The average Bonchev–Trinajstić information content (AvgIpc) is 2.14. The Morgan fingerprint density at radius 1 is 1.43 bits per heavy atom. The molecule has 0 aliphatic carbocycles. The number of hydrogen-bond donors (Lipinski definition) is 0. The van der Waals surface area contributed by atoms with E-state index in [1.165, 1.54) is 17.9 Å². The standard InChI is InChI=1S/C4H4O2S/c7-3-4-5-1-2-6-4/h1-4H. The van der Waals surface area contributed by atoms with Gasteiger partial charge in [-0.1, -0.05) is 12.2 Å². The van der Waals surface area contributed by atoms with Crippen LogP contribution in [0.3, 0.4) is 0 Å². The van der Waals surface area contributed by atoms with Crippen LogP contribution in [0, 0.1) is 0 Å². The highest BCUT2D eigenvalue weighted by Gasteiger charge is 2.04. The predicted molar refractivity (Wildman–Crippen MR) is 28.8 cm³/mol. The third-order valence-electron chi connectivity index (χ3n) is 0.592. The summed E-state index contributed by atoms with van der Waals surface area (Å²) in [6.45, 7) is 0. The predicted octanol–water partition coefficient (Wildman–Crippen LogP) is 0.830. The van der Waals surface area contributed by atoms with E-state index < -0.39 is 0 Å². The lowest BCUT2D eigenvalue weighted by Gasteiger charge is -1.99. The average molecular weight is 116 g/mol. The summed E-state index contributed by atoms with van der Waals surface area (Å²) in [6.07, 6.45) is 2.61. The van der Waals surface area contributed by atoms with Gasteiger partial charge in [0.2, 0.25) is 0 Å². The van der Waals surface area contributed by atoms with Gasteiger partial charge in [-0.15, -0.1) is 0 Å². The van der Waals surface area contributed by atoms with Crippen molar-refractivity contribution in [2.24, 2.45) is 0 Å². The number of hydrogen-bond acceptors (Lipinski definition) is 3. The van der Waals surface area contributed by atoms with E-state index in [-0.39, 0.29) is 6.29 Å². The van der Waals surface area contributed by atoms with Crippen molar-refractivity contribution in [2.75, 3.05) is 0 Å². The van der Waals surface area contributed by atoms with Gasteiger partial charge in [-0.05, 0) is 0 Å². The molecule has 0 unspecified atom stereocenters. The van der Waals surface area contributed by atoms with Crippen LogP contribution in [0.5, 0.6) is 0 Å². The van der Waals surface area contributed by atoms with Crippen molar-refractivity contribution in [3.8, 4) is 0 Å². The van der Waals surface area contributed by atoms with Crippen molar-refractivity contribution in [3.05, 3.63) is 12.5 Å². The zero-order valence-electron chi connectivity index (χ0n) is 3.53. The molecule has 0 aromatic heterocycles. The second-order valence-corrected chi connectivity index (χ2v) is 1.32. The Morgan fingerprint density at radius 3 is 2.29 bits per heavy atom. The summed E-state index contributed by atoms with van der Waals surface area (Å²) < 4.78 is 9.48. The summed E-state index contributed by atoms with van der Waals surface area (Å²) in [5, 5.41) is 1.42. The SMILES string of the molecule is S=CC1OC=CO1.